The van der Waals surface area contributed by atoms with Crippen LogP contribution in [0.15, 0.2) is 18.2 Å². The molecule has 1 atom stereocenters. The van der Waals surface area contributed by atoms with E-state index in [9.17, 15) is 4.79 Å². The smallest absolute Gasteiger partial charge is 0.305 e. The van der Waals surface area contributed by atoms with Crippen LogP contribution in [-0.2, 0) is 4.79 Å². The molecule has 0 saturated heterocycles. The van der Waals surface area contributed by atoms with Gasteiger partial charge in [0.05, 0.1) is 12.5 Å². The van der Waals surface area contributed by atoms with Crippen LogP contribution in [0.4, 0.5) is 0 Å². The topological polar surface area (TPSA) is 80.9 Å². The van der Waals surface area contributed by atoms with E-state index in [-0.39, 0.29) is 12.5 Å². The van der Waals surface area contributed by atoms with Crippen molar-refractivity contribution in [2.75, 3.05) is 0 Å². The molecule has 1 fully saturated rings. The highest BCUT2D eigenvalue weighted by atomic mass is 35.5. The van der Waals surface area contributed by atoms with Crippen LogP contribution >= 0.6 is 11.6 Å². The van der Waals surface area contributed by atoms with Gasteiger partial charge in [0.1, 0.15) is 0 Å². The Kier molecular flexibility index (Phi) is 3.63. The third-order valence-corrected chi connectivity index (χ3v) is 4.03. The molecule has 1 heterocycles. The zero-order valence-corrected chi connectivity index (χ0v) is 12.3. The van der Waals surface area contributed by atoms with Crippen LogP contribution in [0.3, 0.4) is 0 Å². The largest absolute Gasteiger partial charge is 0.481 e. The molecule has 0 bridgehead atoms. The number of hydrogen-bond donors (Lipinski definition) is 1. The highest BCUT2D eigenvalue weighted by Gasteiger charge is 2.36. The molecule has 0 aliphatic heterocycles. The summed E-state index contributed by atoms with van der Waals surface area (Å²) in [5, 5.41) is 21.6. The fourth-order valence-corrected chi connectivity index (χ4v) is 2.71. The first kappa shape index (κ1) is 14.0. The summed E-state index contributed by atoms with van der Waals surface area (Å²) < 4.78 is 1.64. The molecule has 110 valence electrons. The predicted octanol–water partition coefficient (Wildman–Crippen LogP) is 2.73. The SMILES string of the molecule is Cc1ccc(Cl)cc1-c1nnnn1C(CC(=O)O)C1CC1. The van der Waals surface area contributed by atoms with E-state index in [2.05, 4.69) is 15.5 Å². The van der Waals surface area contributed by atoms with Crippen molar-refractivity contribution in [2.24, 2.45) is 5.92 Å². The number of halogens is 1. The number of rotatable bonds is 5. The second-order valence-corrected chi connectivity index (χ2v) is 5.85. The van der Waals surface area contributed by atoms with E-state index in [4.69, 9.17) is 16.7 Å². The van der Waals surface area contributed by atoms with E-state index in [1.165, 1.54) is 0 Å². The molecule has 7 heteroatoms. The molecule has 0 amide bonds. The Balaban J connectivity index is 2.03. The maximum atomic E-state index is 11.1. The first-order valence-corrected chi connectivity index (χ1v) is 7.20. The Hall–Kier alpha value is -1.95. The third-order valence-electron chi connectivity index (χ3n) is 3.80. The Bertz CT molecular complexity index is 681. The van der Waals surface area contributed by atoms with Gasteiger partial charge in [0, 0.05) is 10.6 Å². The second kappa shape index (κ2) is 5.44. The van der Waals surface area contributed by atoms with Crippen LogP contribution in [0.1, 0.15) is 30.9 Å². The highest BCUT2D eigenvalue weighted by Crippen LogP contribution is 2.42. The number of benzene rings is 1. The minimum absolute atomic E-state index is 0.0301. The van der Waals surface area contributed by atoms with Gasteiger partial charge in [-0.2, -0.15) is 0 Å². The van der Waals surface area contributed by atoms with E-state index < -0.39 is 5.97 Å². The number of carbonyl (C=O) groups is 1. The van der Waals surface area contributed by atoms with Gasteiger partial charge in [-0.05, 0) is 53.8 Å². The number of hydrogen-bond acceptors (Lipinski definition) is 4. The van der Waals surface area contributed by atoms with Gasteiger partial charge in [0.2, 0.25) is 0 Å². The normalized spacial score (nSPS) is 15.9. The van der Waals surface area contributed by atoms with Gasteiger partial charge in [-0.25, -0.2) is 4.68 Å². The van der Waals surface area contributed by atoms with Crippen LogP contribution in [-0.4, -0.2) is 31.3 Å². The Morgan fingerprint density at radius 3 is 2.95 bits per heavy atom. The lowest BCUT2D eigenvalue weighted by atomic mass is 10.1. The Labute approximate surface area is 126 Å². The Morgan fingerprint density at radius 1 is 1.52 bits per heavy atom. The van der Waals surface area contributed by atoms with E-state index >= 15 is 0 Å². The van der Waals surface area contributed by atoms with E-state index in [1.807, 2.05) is 25.1 Å². The maximum Gasteiger partial charge on any atom is 0.305 e. The lowest BCUT2D eigenvalue weighted by Crippen LogP contribution is -2.18. The summed E-state index contributed by atoms with van der Waals surface area (Å²) in [5.74, 6) is 0.0761. The molecule has 0 radical (unpaired) electrons. The minimum Gasteiger partial charge on any atom is -0.481 e. The molecular formula is C14H15ClN4O2. The minimum atomic E-state index is -0.837. The van der Waals surface area contributed by atoms with Gasteiger partial charge in [0.25, 0.3) is 0 Å². The van der Waals surface area contributed by atoms with E-state index in [1.54, 1.807) is 4.68 Å². The number of carboxylic acids is 1. The fraction of sp³-hybridized carbons (Fsp3) is 0.429. The van der Waals surface area contributed by atoms with Gasteiger partial charge >= 0.3 is 5.97 Å². The summed E-state index contributed by atoms with van der Waals surface area (Å²) in [6.07, 6.45) is 2.07. The van der Waals surface area contributed by atoms with Gasteiger partial charge in [-0.3, -0.25) is 4.79 Å². The molecule has 3 rings (SSSR count). The van der Waals surface area contributed by atoms with E-state index in [0.717, 1.165) is 24.0 Å². The van der Waals surface area contributed by atoms with Crippen molar-refractivity contribution < 1.29 is 9.90 Å². The highest BCUT2D eigenvalue weighted by molar-refractivity contribution is 6.30. The van der Waals surface area contributed by atoms with Crippen LogP contribution in [0, 0.1) is 12.8 Å². The number of aromatic nitrogens is 4. The average molecular weight is 307 g/mol. The van der Waals surface area contributed by atoms with Crippen molar-refractivity contribution in [1.29, 1.82) is 0 Å². The van der Waals surface area contributed by atoms with Crippen molar-refractivity contribution in [1.82, 2.24) is 20.2 Å². The van der Waals surface area contributed by atoms with Crippen molar-refractivity contribution in [2.45, 2.75) is 32.2 Å². The second-order valence-electron chi connectivity index (χ2n) is 5.41. The molecule has 1 aliphatic rings. The number of carboxylic acid groups (broad SMARTS) is 1. The molecule has 6 nitrogen and oxygen atoms in total. The van der Waals surface area contributed by atoms with Crippen molar-refractivity contribution in [3.05, 3.63) is 28.8 Å². The third kappa shape index (κ3) is 2.90. The molecule has 1 N–H and O–H groups in total. The molecular weight excluding hydrogens is 292 g/mol. The van der Waals surface area contributed by atoms with Crippen LogP contribution < -0.4 is 0 Å². The summed E-state index contributed by atoms with van der Waals surface area (Å²) in [5.41, 5.74) is 1.84. The van der Waals surface area contributed by atoms with Crippen molar-refractivity contribution in [3.63, 3.8) is 0 Å². The van der Waals surface area contributed by atoms with Crippen molar-refractivity contribution >= 4 is 17.6 Å². The first-order chi connectivity index (χ1) is 10.1. The van der Waals surface area contributed by atoms with Gasteiger partial charge in [-0.15, -0.1) is 5.10 Å². The van der Waals surface area contributed by atoms with Crippen LogP contribution in [0.5, 0.6) is 0 Å². The summed E-state index contributed by atoms with van der Waals surface area (Å²) in [6.45, 7) is 1.95. The van der Waals surface area contributed by atoms with Gasteiger partial charge in [0.15, 0.2) is 5.82 Å². The monoisotopic (exact) mass is 306 g/mol. The average Bonchev–Trinajstić information content (AvgIpc) is 3.16. The molecule has 21 heavy (non-hydrogen) atoms. The molecule has 1 unspecified atom stereocenters. The lowest BCUT2D eigenvalue weighted by Gasteiger charge is -2.16. The zero-order valence-electron chi connectivity index (χ0n) is 11.5. The molecule has 1 aromatic carbocycles. The zero-order chi connectivity index (χ0) is 15.0. The van der Waals surface area contributed by atoms with Crippen LogP contribution in [0.25, 0.3) is 11.4 Å². The standard InChI is InChI=1S/C14H15ClN4O2/c1-8-2-5-10(15)6-11(8)14-16-17-18-19(14)12(7-13(20)21)9-3-4-9/h2,5-6,9,12H,3-4,7H2,1H3,(H,20,21). The molecule has 1 aromatic heterocycles. The number of aryl methyl sites for hydroxylation is 1. The van der Waals surface area contributed by atoms with Crippen LogP contribution in [0.2, 0.25) is 5.02 Å². The molecule has 1 aliphatic carbocycles. The molecule has 1 saturated carbocycles. The summed E-state index contributed by atoms with van der Waals surface area (Å²) in [7, 11) is 0. The number of nitrogens with zero attached hydrogens (tertiary/aromatic N) is 4. The van der Waals surface area contributed by atoms with Crippen molar-refractivity contribution in [3.8, 4) is 11.4 Å². The molecule has 2 aromatic rings. The Morgan fingerprint density at radius 2 is 2.29 bits per heavy atom. The summed E-state index contributed by atoms with van der Waals surface area (Å²) >= 11 is 6.05. The number of aliphatic carboxylic acids is 1. The predicted molar refractivity (Wildman–Crippen MR) is 77.0 cm³/mol. The molecule has 0 spiro atoms. The maximum absolute atomic E-state index is 11.1. The van der Waals surface area contributed by atoms with Gasteiger partial charge < -0.3 is 5.11 Å². The number of tetrazole rings is 1. The summed E-state index contributed by atoms with van der Waals surface area (Å²) in [6, 6.07) is 5.32. The quantitative estimate of drug-likeness (QED) is 0.918. The van der Waals surface area contributed by atoms with E-state index in [0.29, 0.717) is 16.8 Å². The first-order valence-electron chi connectivity index (χ1n) is 6.82. The summed E-state index contributed by atoms with van der Waals surface area (Å²) in [4.78, 5) is 11.1. The van der Waals surface area contributed by atoms with Gasteiger partial charge in [-0.1, -0.05) is 17.7 Å². The fourth-order valence-electron chi connectivity index (χ4n) is 2.54. The lowest BCUT2D eigenvalue weighted by molar-refractivity contribution is -0.138.